The number of rotatable bonds is 5. The quantitative estimate of drug-likeness (QED) is 0.473. The van der Waals surface area contributed by atoms with E-state index in [1.54, 1.807) is 4.90 Å². The first-order chi connectivity index (χ1) is 13.8. The van der Waals surface area contributed by atoms with Crippen LogP contribution < -0.4 is 0 Å². The topological polar surface area (TPSA) is 112 Å². The minimum atomic E-state index is -3.18. The van der Waals surface area contributed by atoms with E-state index in [0.717, 1.165) is 48.3 Å². The zero-order valence-corrected chi connectivity index (χ0v) is 17.2. The Morgan fingerprint density at radius 1 is 0.897 bits per heavy atom. The van der Waals surface area contributed by atoms with Crippen molar-refractivity contribution in [1.29, 1.82) is 0 Å². The molecule has 1 atom stereocenters. The normalized spacial score (nSPS) is 28.1. The van der Waals surface area contributed by atoms with Gasteiger partial charge in [0.15, 0.2) is 9.84 Å². The van der Waals surface area contributed by atoms with Crippen LogP contribution in [0.15, 0.2) is 0 Å². The average molecular weight is 426 g/mol. The fraction of sp³-hybridized carbons (Fsp3) is 0.789. The molecule has 5 amide bonds. The Morgan fingerprint density at radius 2 is 1.52 bits per heavy atom. The van der Waals surface area contributed by atoms with Crippen molar-refractivity contribution in [3.05, 3.63) is 0 Å². The predicted octanol–water partition coefficient (Wildman–Crippen LogP) is 0.678. The van der Waals surface area contributed by atoms with E-state index >= 15 is 0 Å². The lowest BCUT2D eigenvalue weighted by molar-refractivity contribution is -0.146. The van der Waals surface area contributed by atoms with Gasteiger partial charge in [0, 0.05) is 18.1 Å². The molecule has 2 saturated carbocycles. The van der Waals surface area contributed by atoms with Gasteiger partial charge in [-0.25, -0.2) is 18.1 Å². The van der Waals surface area contributed by atoms with Crippen molar-refractivity contribution in [2.75, 3.05) is 18.1 Å². The minimum Gasteiger partial charge on any atom is -0.334 e. The average Bonchev–Trinajstić information content (AvgIpc) is 3.44. The van der Waals surface area contributed by atoms with Gasteiger partial charge < -0.3 is 4.90 Å². The Hall–Kier alpha value is -1.97. The zero-order chi connectivity index (χ0) is 20.8. The van der Waals surface area contributed by atoms with Crippen molar-refractivity contribution < 1.29 is 27.6 Å². The summed E-state index contributed by atoms with van der Waals surface area (Å²) in [5, 5.41) is 0. The summed E-state index contributed by atoms with van der Waals surface area (Å²) >= 11 is 0. The number of carbonyl (C=O) groups is 4. The van der Waals surface area contributed by atoms with Gasteiger partial charge in [0.1, 0.15) is 6.54 Å². The number of imide groups is 2. The van der Waals surface area contributed by atoms with E-state index in [-0.39, 0.29) is 23.6 Å². The first-order valence-corrected chi connectivity index (χ1v) is 12.3. The molecule has 0 N–H and O–H groups in total. The zero-order valence-electron chi connectivity index (χ0n) is 16.4. The highest BCUT2D eigenvalue weighted by molar-refractivity contribution is 7.91. The Bertz CT molecular complexity index is 829. The first kappa shape index (κ1) is 20.3. The van der Waals surface area contributed by atoms with Gasteiger partial charge in [0.25, 0.3) is 0 Å². The van der Waals surface area contributed by atoms with Crippen molar-refractivity contribution in [1.82, 2.24) is 14.7 Å². The first-order valence-electron chi connectivity index (χ1n) is 10.5. The summed E-state index contributed by atoms with van der Waals surface area (Å²) in [4.78, 5) is 54.1. The van der Waals surface area contributed by atoms with Crippen LogP contribution in [0.2, 0.25) is 0 Å². The third-order valence-corrected chi connectivity index (χ3v) is 8.43. The van der Waals surface area contributed by atoms with Gasteiger partial charge in [0.05, 0.1) is 11.5 Å². The van der Waals surface area contributed by atoms with Crippen LogP contribution in [0.4, 0.5) is 4.79 Å². The molecule has 2 heterocycles. The second-order valence-electron chi connectivity index (χ2n) is 8.58. The summed E-state index contributed by atoms with van der Waals surface area (Å²) in [6.07, 6.45) is 7.05. The molecule has 4 rings (SSSR count). The molecule has 9 nitrogen and oxygen atoms in total. The molecule has 1 unspecified atom stereocenters. The van der Waals surface area contributed by atoms with Crippen molar-refractivity contribution in [2.24, 2.45) is 0 Å². The fourth-order valence-corrected chi connectivity index (χ4v) is 6.96. The van der Waals surface area contributed by atoms with Gasteiger partial charge in [-0.3, -0.25) is 19.3 Å². The molecule has 0 aromatic rings. The summed E-state index contributed by atoms with van der Waals surface area (Å²) in [5.41, 5.74) is 0. The Labute approximate surface area is 170 Å². The summed E-state index contributed by atoms with van der Waals surface area (Å²) in [7, 11) is -3.18. The van der Waals surface area contributed by atoms with E-state index in [1.807, 2.05) is 0 Å². The highest BCUT2D eigenvalue weighted by atomic mass is 32.2. The third kappa shape index (κ3) is 3.78. The second kappa shape index (κ2) is 7.70. The molecule has 0 bridgehead atoms. The summed E-state index contributed by atoms with van der Waals surface area (Å²) < 4.78 is 23.9. The molecular weight excluding hydrogens is 398 g/mol. The SMILES string of the molecule is O=C1C(=O)N(C2CCCC2)C(=O)N1CC(=O)N(C1CCCC1)C1CCS(=O)(=O)C1. The van der Waals surface area contributed by atoms with E-state index in [0.29, 0.717) is 19.3 Å². The monoisotopic (exact) mass is 425 g/mol. The molecule has 2 aliphatic heterocycles. The van der Waals surface area contributed by atoms with Crippen molar-refractivity contribution in [2.45, 2.75) is 75.9 Å². The molecular formula is C19H27N3O6S. The number of carbonyl (C=O) groups excluding carboxylic acids is 4. The molecule has 2 saturated heterocycles. The van der Waals surface area contributed by atoms with Crippen LogP contribution in [-0.4, -0.2) is 83.0 Å². The van der Waals surface area contributed by atoms with Crippen molar-refractivity contribution in [3.63, 3.8) is 0 Å². The Morgan fingerprint density at radius 3 is 2.10 bits per heavy atom. The van der Waals surface area contributed by atoms with Crippen LogP contribution in [0.1, 0.15) is 57.8 Å². The molecule has 0 spiro atoms. The van der Waals surface area contributed by atoms with Gasteiger partial charge in [-0.15, -0.1) is 0 Å². The van der Waals surface area contributed by atoms with Crippen molar-refractivity contribution in [3.8, 4) is 0 Å². The number of hydrogen-bond donors (Lipinski definition) is 0. The molecule has 4 fully saturated rings. The maximum absolute atomic E-state index is 13.2. The van der Waals surface area contributed by atoms with Crippen LogP contribution in [0.25, 0.3) is 0 Å². The van der Waals surface area contributed by atoms with E-state index in [9.17, 15) is 27.6 Å². The van der Waals surface area contributed by atoms with Crippen LogP contribution in [0.5, 0.6) is 0 Å². The molecule has 0 radical (unpaired) electrons. The minimum absolute atomic E-state index is 0.0453. The van der Waals surface area contributed by atoms with Crippen LogP contribution in [0, 0.1) is 0 Å². The summed E-state index contributed by atoms with van der Waals surface area (Å²) in [6, 6.07) is -1.49. The predicted molar refractivity (Wildman–Crippen MR) is 102 cm³/mol. The molecule has 29 heavy (non-hydrogen) atoms. The molecule has 2 aliphatic carbocycles. The lowest BCUT2D eigenvalue weighted by Gasteiger charge is -2.35. The van der Waals surface area contributed by atoms with Gasteiger partial charge in [0.2, 0.25) is 5.91 Å². The maximum Gasteiger partial charge on any atom is 0.334 e. The molecule has 0 aromatic heterocycles. The smallest absolute Gasteiger partial charge is 0.334 e. The lowest BCUT2D eigenvalue weighted by atomic mass is 10.1. The van der Waals surface area contributed by atoms with E-state index in [4.69, 9.17) is 0 Å². The maximum atomic E-state index is 13.2. The third-order valence-electron chi connectivity index (χ3n) is 6.67. The summed E-state index contributed by atoms with van der Waals surface area (Å²) in [5.74, 6) is -2.29. The number of hydrogen-bond acceptors (Lipinski definition) is 6. The van der Waals surface area contributed by atoms with Gasteiger partial charge >= 0.3 is 17.8 Å². The van der Waals surface area contributed by atoms with Gasteiger partial charge in [-0.05, 0) is 32.1 Å². The number of urea groups is 1. The number of amides is 5. The molecule has 4 aliphatic rings. The van der Waals surface area contributed by atoms with E-state index in [2.05, 4.69) is 0 Å². The number of nitrogens with zero attached hydrogens (tertiary/aromatic N) is 3. The summed E-state index contributed by atoms with van der Waals surface area (Å²) in [6.45, 7) is -0.500. The van der Waals surface area contributed by atoms with Gasteiger partial charge in [-0.1, -0.05) is 25.7 Å². The van der Waals surface area contributed by atoms with Crippen molar-refractivity contribution >= 4 is 33.6 Å². The van der Waals surface area contributed by atoms with Crippen LogP contribution in [-0.2, 0) is 24.2 Å². The Kier molecular flexibility index (Phi) is 5.39. The van der Waals surface area contributed by atoms with E-state index < -0.39 is 46.2 Å². The van der Waals surface area contributed by atoms with Gasteiger partial charge in [-0.2, -0.15) is 0 Å². The molecule has 0 aromatic carbocycles. The van der Waals surface area contributed by atoms with E-state index in [1.165, 1.54) is 0 Å². The standard InChI is InChI=1S/C19H27N3O6S/c23-16(21(13-5-1-2-6-13)15-9-10-29(27,28)12-15)11-20-17(24)18(25)22(19(20)26)14-7-3-4-8-14/h13-15H,1-12H2. The second-order valence-corrected chi connectivity index (χ2v) is 10.8. The Balaban J connectivity index is 1.51. The molecule has 160 valence electrons. The number of sulfone groups is 1. The highest BCUT2D eigenvalue weighted by Crippen LogP contribution is 2.31. The molecule has 10 heteroatoms. The highest BCUT2D eigenvalue weighted by Gasteiger charge is 2.50. The largest absolute Gasteiger partial charge is 0.334 e. The van der Waals surface area contributed by atoms with Crippen LogP contribution >= 0.6 is 0 Å². The lowest BCUT2D eigenvalue weighted by Crippen LogP contribution is -2.51. The van der Waals surface area contributed by atoms with Crippen LogP contribution in [0.3, 0.4) is 0 Å². The fourth-order valence-electron chi connectivity index (χ4n) is 5.25.